The van der Waals surface area contributed by atoms with Gasteiger partial charge in [0, 0.05) is 19.2 Å². The van der Waals surface area contributed by atoms with Crippen molar-refractivity contribution >= 4 is 23.4 Å². The lowest BCUT2D eigenvalue weighted by Gasteiger charge is -2.20. The average Bonchev–Trinajstić information content (AvgIpc) is 2.33. The molecule has 1 N–H and O–H groups in total. The van der Waals surface area contributed by atoms with Crippen molar-refractivity contribution in [2.45, 2.75) is 6.18 Å². The van der Waals surface area contributed by atoms with E-state index < -0.39 is 29.3 Å². The fourth-order valence-corrected chi connectivity index (χ4v) is 1.63. The highest BCUT2D eigenvalue weighted by molar-refractivity contribution is 5.85. The lowest BCUT2D eigenvalue weighted by molar-refractivity contribution is -0.384. The lowest BCUT2D eigenvalue weighted by atomic mass is 10.1. The van der Waals surface area contributed by atoms with E-state index in [2.05, 4.69) is 0 Å². The summed E-state index contributed by atoms with van der Waals surface area (Å²) in [6.07, 6.45) is -2.61. The van der Waals surface area contributed by atoms with Crippen molar-refractivity contribution in [3.8, 4) is 0 Å². The number of alkyl halides is 3. The van der Waals surface area contributed by atoms with Crippen LogP contribution in [0.4, 0.5) is 24.5 Å². The number of carboxylic acid groups (broad SMARTS) is 1. The maximum absolute atomic E-state index is 12.3. The topological polar surface area (TPSA) is 83.7 Å². The molecule has 0 spiro atoms. The number of nitro benzene ring substituents is 1. The van der Waals surface area contributed by atoms with Crippen molar-refractivity contribution in [2.24, 2.45) is 0 Å². The van der Waals surface area contributed by atoms with Crippen LogP contribution in [-0.4, -0.2) is 35.8 Å². The van der Waals surface area contributed by atoms with Gasteiger partial charge in [-0.05, 0) is 17.7 Å². The zero-order valence-electron chi connectivity index (χ0n) is 10.8. The normalized spacial score (nSPS) is 11.6. The summed E-state index contributed by atoms with van der Waals surface area (Å²) < 4.78 is 37.0. The molecule has 0 unspecified atom stereocenters. The fourth-order valence-electron chi connectivity index (χ4n) is 1.63. The molecule has 0 aliphatic heterocycles. The molecule has 0 aliphatic carbocycles. The van der Waals surface area contributed by atoms with Crippen LogP contribution in [0.3, 0.4) is 0 Å². The monoisotopic (exact) mass is 304 g/mol. The van der Waals surface area contributed by atoms with E-state index in [0.717, 1.165) is 31.3 Å². The van der Waals surface area contributed by atoms with Gasteiger partial charge in [0.05, 0.1) is 4.92 Å². The van der Waals surface area contributed by atoms with E-state index in [1.165, 1.54) is 6.07 Å². The molecular formula is C12H11F3N2O4. The van der Waals surface area contributed by atoms with E-state index in [0.29, 0.717) is 4.90 Å². The molecule has 1 rings (SSSR count). The summed E-state index contributed by atoms with van der Waals surface area (Å²) in [6, 6.07) is 3.46. The first-order valence-corrected chi connectivity index (χ1v) is 5.57. The Kier molecular flexibility index (Phi) is 4.90. The molecule has 0 atom stereocenters. The number of carbonyl (C=O) groups is 1. The van der Waals surface area contributed by atoms with Gasteiger partial charge in [-0.25, -0.2) is 4.79 Å². The zero-order chi connectivity index (χ0) is 16.2. The van der Waals surface area contributed by atoms with Gasteiger partial charge in [0.2, 0.25) is 0 Å². The fraction of sp³-hybridized carbons (Fsp3) is 0.250. The van der Waals surface area contributed by atoms with Crippen LogP contribution in [0.15, 0.2) is 24.3 Å². The summed E-state index contributed by atoms with van der Waals surface area (Å²) in [6.45, 7) is -1.34. The lowest BCUT2D eigenvalue weighted by Crippen LogP contribution is -2.31. The number of carboxylic acids is 1. The van der Waals surface area contributed by atoms with E-state index in [1.54, 1.807) is 0 Å². The Morgan fingerprint density at radius 1 is 1.48 bits per heavy atom. The van der Waals surface area contributed by atoms with E-state index in [-0.39, 0.29) is 11.3 Å². The van der Waals surface area contributed by atoms with Crippen molar-refractivity contribution < 1.29 is 28.0 Å². The molecule has 0 bridgehead atoms. The van der Waals surface area contributed by atoms with Crippen LogP contribution < -0.4 is 4.90 Å². The standard InChI is InChI=1S/C12H11F3N2O4/c1-16(7-12(13,14)15)9-4-2-8(3-5-11(18)19)6-10(9)17(20)21/h2-6H,7H2,1H3,(H,18,19)/b5-3+. The Morgan fingerprint density at radius 2 is 2.10 bits per heavy atom. The van der Waals surface area contributed by atoms with Gasteiger partial charge in [0.15, 0.2) is 0 Å². The number of rotatable bonds is 5. The molecule has 1 aromatic carbocycles. The van der Waals surface area contributed by atoms with Gasteiger partial charge >= 0.3 is 12.1 Å². The zero-order valence-corrected chi connectivity index (χ0v) is 10.8. The molecule has 21 heavy (non-hydrogen) atoms. The second-order valence-electron chi connectivity index (χ2n) is 4.15. The first kappa shape index (κ1) is 16.5. The van der Waals surface area contributed by atoms with Crippen molar-refractivity contribution in [2.75, 3.05) is 18.5 Å². The first-order valence-electron chi connectivity index (χ1n) is 5.57. The van der Waals surface area contributed by atoms with Gasteiger partial charge in [-0.1, -0.05) is 6.07 Å². The van der Waals surface area contributed by atoms with Crippen molar-refractivity contribution in [3.63, 3.8) is 0 Å². The molecule has 114 valence electrons. The minimum atomic E-state index is -4.50. The molecule has 0 saturated heterocycles. The third-order valence-electron chi connectivity index (χ3n) is 2.44. The SMILES string of the molecule is CN(CC(F)(F)F)c1ccc(/C=C/C(=O)O)cc1[N+](=O)[O-]. The van der Waals surface area contributed by atoms with Crippen LogP contribution >= 0.6 is 0 Å². The van der Waals surface area contributed by atoms with Crippen LogP contribution in [0.2, 0.25) is 0 Å². The molecule has 0 aliphatic rings. The smallest absolute Gasteiger partial charge is 0.405 e. The van der Waals surface area contributed by atoms with Crippen molar-refractivity contribution in [1.82, 2.24) is 0 Å². The second-order valence-corrected chi connectivity index (χ2v) is 4.15. The van der Waals surface area contributed by atoms with Gasteiger partial charge in [0.1, 0.15) is 12.2 Å². The number of aliphatic carboxylic acids is 1. The van der Waals surface area contributed by atoms with Crippen LogP contribution in [0.25, 0.3) is 6.08 Å². The van der Waals surface area contributed by atoms with E-state index >= 15 is 0 Å². The Morgan fingerprint density at radius 3 is 2.57 bits per heavy atom. The van der Waals surface area contributed by atoms with E-state index in [1.807, 2.05) is 0 Å². The minimum Gasteiger partial charge on any atom is -0.478 e. The first-order chi connectivity index (χ1) is 9.60. The highest BCUT2D eigenvalue weighted by atomic mass is 19.4. The summed E-state index contributed by atoms with van der Waals surface area (Å²) >= 11 is 0. The Bertz CT molecular complexity index is 584. The minimum absolute atomic E-state index is 0.202. The number of nitro groups is 1. The van der Waals surface area contributed by atoms with Crippen molar-refractivity contribution in [1.29, 1.82) is 0 Å². The molecule has 0 saturated carbocycles. The predicted octanol–water partition coefficient (Wildman–Crippen LogP) is 2.69. The number of halogens is 3. The third kappa shape index (κ3) is 5.13. The maximum atomic E-state index is 12.3. The third-order valence-corrected chi connectivity index (χ3v) is 2.44. The largest absolute Gasteiger partial charge is 0.478 e. The molecular weight excluding hydrogens is 293 g/mol. The van der Waals surface area contributed by atoms with Gasteiger partial charge in [-0.3, -0.25) is 10.1 Å². The number of anilines is 1. The molecule has 9 heteroatoms. The summed E-state index contributed by atoms with van der Waals surface area (Å²) in [5.74, 6) is -1.24. The summed E-state index contributed by atoms with van der Waals surface area (Å²) in [7, 11) is 1.09. The Hall–Kier alpha value is -2.58. The summed E-state index contributed by atoms with van der Waals surface area (Å²) in [5.41, 5.74) is -0.535. The van der Waals surface area contributed by atoms with Crippen LogP contribution in [0.5, 0.6) is 0 Å². The Labute approximate surface area is 117 Å². The molecule has 1 aromatic rings. The van der Waals surface area contributed by atoms with Gasteiger partial charge in [-0.15, -0.1) is 0 Å². The molecule has 0 fully saturated rings. The summed E-state index contributed by atoms with van der Waals surface area (Å²) in [5, 5.41) is 19.4. The molecule has 0 heterocycles. The van der Waals surface area contributed by atoms with Gasteiger partial charge < -0.3 is 10.0 Å². The molecule has 0 amide bonds. The predicted molar refractivity (Wildman–Crippen MR) is 69.1 cm³/mol. The number of nitrogens with zero attached hydrogens (tertiary/aromatic N) is 2. The van der Waals surface area contributed by atoms with Crippen molar-refractivity contribution in [3.05, 3.63) is 40.0 Å². The number of hydrogen-bond donors (Lipinski definition) is 1. The van der Waals surface area contributed by atoms with Crippen LogP contribution in [0.1, 0.15) is 5.56 Å². The second kappa shape index (κ2) is 6.25. The average molecular weight is 304 g/mol. The maximum Gasteiger partial charge on any atom is 0.405 e. The molecule has 6 nitrogen and oxygen atoms in total. The highest BCUT2D eigenvalue weighted by Crippen LogP contribution is 2.31. The number of hydrogen-bond acceptors (Lipinski definition) is 4. The Balaban J connectivity index is 3.16. The van der Waals surface area contributed by atoms with Crippen LogP contribution in [-0.2, 0) is 4.79 Å². The van der Waals surface area contributed by atoms with Gasteiger partial charge in [0.25, 0.3) is 5.69 Å². The quantitative estimate of drug-likeness (QED) is 0.513. The van der Waals surface area contributed by atoms with E-state index in [4.69, 9.17) is 5.11 Å². The van der Waals surface area contributed by atoms with Gasteiger partial charge in [-0.2, -0.15) is 13.2 Å². The molecule has 0 radical (unpaired) electrons. The van der Waals surface area contributed by atoms with Crippen LogP contribution in [0, 0.1) is 10.1 Å². The van der Waals surface area contributed by atoms with E-state index in [9.17, 15) is 28.1 Å². The summed E-state index contributed by atoms with van der Waals surface area (Å²) in [4.78, 5) is 21.2. The molecule has 0 aromatic heterocycles. The highest BCUT2D eigenvalue weighted by Gasteiger charge is 2.31. The number of benzene rings is 1.